The van der Waals surface area contributed by atoms with Crippen LogP contribution < -0.4 is 16.0 Å². The predicted octanol–water partition coefficient (Wildman–Crippen LogP) is 4.68. The van der Waals surface area contributed by atoms with Gasteiger partial charge in [-0.2, -0.15) is 0 Å². The van der Waals surface area contributed by atoms with Crippen molar-refractivity contribution in [3.8, 4) is 0 Å². The second kappa shape index (κ2) is 17.2. The van der Waals surface area contributed by atoms with Crippen molar-refractivity contribution in [2.75, 3.05) is 14.1 Å². The molecule has 5 N–H and O–H groups in total. The van der Waals surface area contributed by atoms with Gasteiger partial charge >= 0.3 is 11.9 Å². The number of rotatable bonds is 15. The van der Waals surface area contributed by atoms with Crippen LogP contribution in [0.4, 0.5) is 0 Å². The van der Waals surface area contributed by atoms with Crippen LogP contribution in [-0.2, 0) is 41.6 Å². The molecule has 12 heteroatoms. The van der Waals surface area contributed by atoms with E-state index in [4.69, 9.17) is 4.74 Å². The largest absolute Gasteiger partial charge is 0.481 e. The molecule has 54 heavy (non-hydrogen) atoms. The third kappa shape index (κ3) is 10.1. The van der Waals surface area contributed by atoms with Crippen molar-refractivity contribution in [2.45, 2.75) is 69.8 Å². The van der Waals surface area contributed by atoms with Gasteiger partial charge in [0.15, 0.2) is 0 Å². The summed E-state index contributed by atoms with van der Waals surface area (Å²) < 4.78 is 5.69. The van der Waals surface area contributed by atoms with Gasteiger partial charge in [0.25, 0.3) is 0 Å². The number of esters is 1. The normalized spacial score (nSPS) is 13.8. The summed E-state index contributed by atoms with van der Waals surface area (Å²) in [6.07, 6.45) is 1.40. The molecule has 0 fully saturated rings. The van der Waals surface area contributed by atoms with Crippen LogP contribution in [0.5, 0.6) is 0 Å². The van der Waals surface area contributed by atoms with Gasteiger partial charge in [0.2, 0.25) is 17.7 Å². The molecular weight excluding hydrogens is 686 g/mol. The molecule has 0 bridgehead atoms. The number of carboxylic acid groups (broad SMARTS) is 1. The Morgan fingerprint density at radius 2 is 1.33 bits per heavy atom. The van der Waals surface area contributed by atoms with Gasteiger partial charge in [-0.25, -0.2) is 4.79 Å². The number of amides is 3. The fourth-order valence-electron chi connectivity index (χ4n) is 6.37. The third-order valence-corrected chi connectivity index (χ3v) is 9.02. The minimum Gasteiger partial charge on any atom is -0.481 e. The Morgan fingerprint density at radius 1 is 0.704 bits per heavy atom. The number of para-hydroxylation sites is 1. The van der Waals surface area contributed by atoms with Crippen molar-refractivity contribution in [1.82, 2.24) is 25.8 Å². The first-order valence-electron chi connectivity index (χ1n) is 17.8. The van der Waals surface area contributed by atoms with E-state index in [2.05, 4.69) is 20.9 Å². The van der Waals surface area contributed by atoms with Gasteiger partial charge in [0, 0.05) is 23.5 Å². The number of benzene rings is 4. The third-order valence-electron chi connectivity index (χ3n) is 9.02. The zero-order chi connectivity index (χ0) is 39.0. The fourth-order valence-corrected chi connectivity index (χ4v) is 6.37. The van der Waals surface area contributed by atoms with Crippen LogP contribution in [0.15, 0.2) is 103 Å². The Labute approximate surface area is 314 Å². The first-order chi connectivity index (χ1) is 25.7. The summed E-state index contributed by atoms with van der Waals surface area (Å²) in [6, 6.07) is 24.8. The second-order valence-electron chi connectivity index (χ2n) is 14.5. The maximum atomic E-state index is 14.2. The number of carboxylic acids is 1. The molecule has 0 aliphatic carbocycles. The van der Waals surface area contributed by atoms with Crippen molar-refractivity contribution in [3.05, 3.63) is 120 Å². The van der Waals surface area contributed by atoms with Crippen LogP contribution in [0.25, 0.3) is 21.7 Å². The quantitative estimate of drug-likeness (QED) is 0.0967. The number of H-pyrrole nitrogens is 1. The number of carbonyl (C=O) groups excluding carboxylic acids is 4. The van der Waals surface area contributed by atoms with E-state index < -0.39 is 65.8 Å². The Balaban J connectivity index is 1.39. The highest BCUT2D eigenvalue weighted by molar-refractivity contribution is 5.97. The van der Waals surface area contributed by atoms with Crippen LogP contribution >= 0.6 is 0 Å². The van der Waals surface area contributed by atoms with E-state index in [1.165, 1.54) is 0 Å². The molecule has 12 nitrogen and oxygen atoms in total. The van der Waals surface area contributed by atoms with Crippen LogP contribution in [0.2, 0.25) is 0 Å². The van der Waals surface area contributed by atoms with Crippen molar-refractivity contribution >= 4 is 51.3 Å². The minimum absolute atomic E-state index is 0.0838. The monoisotopic (exact) mass is 733 g/mol. The Bertz CT molecular complexity index is 2120. The number of aromatic nitrogens is 1. The van der Waals surface area contributed by atoms with Gasteiger partial charge in [0.05, 0.1) is 12.5 Å². The van der Waals surface area contributed by atoms with Crippen molar-refractivity contribution < 1.29 is 33.8 Å². The van der Waals surface area contributed by atoms with Crippen LogP contribution in [0.1, 0.15) is 49.9 Å². The van der Waals surface area contributed by atoms with Crippen molar-refractivity contribution in [3.63, 3.8) is 0 Å². The van der Waals surface area contributed by atoms with E-state index in [0.29, 0.717) is 12.0 Å². The molecule has 282 valence electrons. The van der Waals surface area contributed by atoms with Crippen LogP contribution in [0, 0.1) is 0 Å². The fraction of sp³-hybridized carbons (Fsp3) is 0.310. The maximum absolute atomic E-state index is 14.2. The number of nitrogens with zero attached hydrogens (tertiary/aromatic N) is 1. The standard InChI is InChI=1S/C42H47N5O7/c1-42(2,3)54-41(53)34(22-29-25-43-32-21-12-11-20-31(29)32)45-40(52)37(27-15-7-6-8-16-27)46-38(50)33(24-36(48)49)44-39(51)35(47(4)5)23-28-18-13-17-26-14-9-10-19-30(26)28/h6-21,25,33-35,37,43H,22-24H2,1-5H3,(H,44,51)(H,45,52)(H,46,50)(H,48,49)/t33-,34-,35-,37-/m0/s1. The molecule has 5 rings (SSSR count). The molecule has 3 amide bonds. The van der Waals surface area contributed by atoms with Crippen molar-refractivity contribution in [2.24, 2.45) is 0 Å². The molecule has 4 atom stereocenters. The van der Waals surface area contributed by atoms with E-state index in [1.54, 1.807) is 76.3 Å². The number of hydrogen-bond acceptors (Lipinski definition) is 7. The number of hydrogen-bond donors (Lipinski definition) is 5. The number of likely N-dealkylation sites (N-methyl/N-ethyl adjacent to an activating group) is 1. The number of aliphatic carboxylic acids is 1. The van der Waals surface area contributed by atoms with Gasteiger partial charge in [0.1, 0.15) is 23.7 Å². The molecule has 4 aromatic carbocycles. The zero-order valence-electron chi connectivity index (χ0n) is 31.1. The number of aromatic amines is 1. The molecule has 0 spiro atoms. The molecule has 1 heterocycles. The molecule has 0 aliphatic heterocycles. The van der Waals surface area contributed by atoms with Gasteiger partial charge in [-0.15, -0.1) is 0 Å². The lowest BCUT2D eigenvalue weighted by molar-refractivity contribution is -0.158. The molecule has 0 saturated heterocycles. The average Bonchev–Trinajstić information content (AvgIpc) is 3.54. The maximum Gasteiger partial charge on any atom is 0.329 e. The topological polar surface area (TPSA) is 170 Å². The molecule has 5 aromatic rings. The lowest BCUT2D eigenvalue weighted by atomic mass is 9.97. The van der Waals surface area contributed by atoms with Gasteiger partial charge in [-0.3, -0.25) is 24.1 Å². The molecule has 1 aromatic heterocycles. The molecule has 0 unspecified atom stereocenters. The smallest absolute Gasteiger partial charge is 0.329 e. The number of carbonyl (C=O) groups is 5. The summed E-state index contributed by atoms with van der Waals surface area (Å²) in [5.74, 6) is -4.17. The second-order valence-corrected chi connectivity index (χ2v) is 14.5. The lowest BCUT2D eigenvalue weighted by Crippen LogP contribution is -2.56. The van der Waals surface area contributed by atoms with E-state index in [-0.39, 0.29) is 6.42 Å². The van der Waals surface area contributed by atoms with E-state index >= 15 is 0 Å². The number of nitrogens with one attached hydrogen (secondary N) is 4. The molecule has 0 radical (unpaired) electrons. The van der Waals surface area contributed by atoms with Crippen molar-refractivity contribution in [1.29, 1.82) is 0 Å². The highest BCUT2D eigenvalue weighted by atomic mass is 16.6. The Kier molecular flexibility index (Phi) is 12.5. The number of ether oxygens (including phenoxy) is 1. The minimum atomic E-state index is -1.53. The first kappa shape index (κ1) is 39.2. The summed E-state index contributed by atoms with van der Waals surface area (Å²) in [5, 5.41) is 20.8. The van der Waals surface area contributed by atoms with E-state index in [9.17, 15) is 29.1 Å². The first-order valence-corrected chi connectivity index (χ1v) is 17.8. The summed E-state index contributed by atoms with van der Waals surface area (Å²) in [6.45, 7) is 5.17. The summed E-state index contributed by atoms with van der Waals surface area (Å²) in [5.41, 5.74) is 2.06. The summed E-state index contributed by atoms with van der Waals surface area (Å²) >= 11 is 0. The summed E-state index contributed by atoms with van der Waals surface area (Å²) in [7, 11) is 3.46. The molecule has 0 saturated carbocycles. The number of fused-ring (bicyclic) bond motifs is 2. The van der Waals surface area contributed by atoms with Gasteiger partial charge in [-0.05, 0) is 74.8 Å². The van der Waals surface area contributed by atoms with Crippen LogP contribution in [-0.4, -0.2) is 82.5 Å². The predicted molar refractivity (Wildman–Crippen MR) is 206 cm³/mol. The highest BCUT2D eigenvalue weighted by Gasteiger charge is 2.35. The summed E-state index contributed by atoms with van der Waals surface area (Å²) in [4.78, 5) is 72.4. The van der Waals surface area contributed by atoms with E-state index in [1.807, 2.05) is 66.7 Å². The lowest BCUT2D eigenvalue weighted by Gasteiger charge is -2.28. The average molecular weight is 734 g/mol. The Hall–Kier alpha value is -6.01. The molecular formula is C42H47N5O7. The van der Waals surface area contributed by atoms with Crippen LogP contribution in [0.3, 0.4) is 0 Å². The molecule has 0 aliphatic rings. The van der Waals surface area contributed by atoms with Gasteiger partial charge in [-0.1, -0.05) is 91.0 Å². The zero-order valence-corrected chi connectivity index (χ0v) is 31.1. The Morgan fingerprint density at radius 3 is 2.02 bits per heavy atom. The highest BCUT2D eigenvalue weighted by Crippen LogP contribution is 2.23. The SMILES string of the molecule is CN(C)[C@@H](Cc1cccc2ccccc12)C(=O)N[C@@H](CC(=O)O)C(=O)N[C@H](C(=O)N[C@@H](Cc1c[nH]c2ccccc12)C(=O)OC(C)(C)C)c1ccccc1. The van der Waals surface area contributed by atoms with E-state index in [0.717, 1.165) is 32.8 Å². The van der Waals surface area contributed by atoms with Gasteiger partial charge < -0.3 is 30.8 Å².